The molecular formula is C25H28N6O4. The number of anilines is 1. The Morgan fingerprint density at radius 3 is 2.74 bits per heavy atom. The predicted octanol–water partition coefficient (Wildman–Crippen LogP) is 3.09. The number of fused-ring (bicyclic) bond motifs is 2. The Hall–Kier alpha value is -4.08. The molecule has 0 saturated carbocycles. The quantitative estimate of drug-likeness (QED) is 0.450. The molecule has 182 valence electrons. The van der Waals surface area contributed by atoms with Crippen molar-refractivity contribution in [2.75, 3.05) is 18.4 Å². The second-order valence-electron chi connectivity index (χ2n) is 9.15. The maximum absolute atomic E-state index is 12.9. The molecule has 3 aromatic rings. The zero-order chi connectivity index (χ0) is 24.5. The lowest BCUT2D eigenvalue weighted by Crippen LogP contribution is -2.54. The number of nitrogens with zero attached hydrogens (tertiary/aromatic N) is 3. The molecule has 10 heteroatoms. The lowest BCUT2D eigenvalue weighted by molar-refractivity contribution is -0.139. The molecular weight excluding hydrogens is 448 g/mol. The number of benzene rings is 2. The van der Waals surface area contributed by atoms with Crippen LogP contribution in [0, 0.1) is 6.92 Å². The van der Waals surface area contributed by atoms with Gasteiger partial charge in [-0.1, -0.05) is 24.3 Å². The molecule has 1 saturated heterocycles. The van der Waals surface area contributed by atoms with E-state index in [1.54, 1.807) is 4.90 Å². The van der Waals surface area contributed by atoms with Crippen LogP contribution in [0.4, 0.5) is 15.3 Å². The van der Waals surface area contributed by atoms with Crippen LogP contribution >= 0.6 is 0 Å². The Morgan fingerprint density at radius 2 is 1.97 bits per heavy atom. The summed E-state index contributed by atoms with van der Waals surface area (Å²) in [4.78, 5) is 48.3. The van der Waals surface area contributed by atoms with Crippen molar-refractivity contribution in [3.8, 4) is 0 Å². The van der Waals surface area contributed by atoms with E-state index in [0.717, 1.165) is 33.7 Å². The number of rotatable bonds is 5. The molecule has 1 aromatic heterocycles. The number of para-hydroxylation sites is 1. The van der Waals surface area contributed by atoms with E-state index in [0.29, 0.717) is 32.5 Å². The van der Waals surface area contributed by atoms with E-state index in [2.05, 4.69) is 20.6 Å². The molecule has 2 aliphatic heterocycles. The average molecular weight is 477 g/mol. The van der Waals surface area contributed by atoms with Crippen molar-refractivity contribution in [2.24, 2.45) is 0 Å². The molecule has 0 bridgehead atoms. The number of carboxylic acids is 1. The van der Waals surface area contributed by atoms with Crippen molar-refractivity contribution in [2.45, 2.75) is 44.8 Å². The van der Waals surface area contributed by atoms with Gasteiger partial charge in [0, 0.05) is 37.8 Å². The highest BCUT2D eigenvalue weighted by Gasteiger charge is 2.33. The van der Waals surface area contributed by atoms with Gasteiger partial charge in [0.05, 0.1) is 11.0 Å². The Labute approximate surface area is 202 Å². The molecule has 1 fully saturated rings. The predicted molar refractivity (Wildman–Crippen MR) is 130 cm³/mol. The van der Waals surface area contributed by atoms with E-state index < -0.39 is 18.0 Å². The summed E-state index contributed by atoms with van der Waals surface area (Å²) in [6.45, 7) is 3.31. The summed E-state index contributed by atoms with van der Waals surface area (Å²) in [7, 11) is 0. The Balaban J connectivity index is 1.18. The number of aryl methyl sites for hydroxylation is 1. The summed E-state index contributed by atoms with van der Waals surface area (Å²) in [5, 5.41) is 15.3. The monoisotopic (exact) mass is 476 g/mol. The van der Waals surface area contributed by atoms with Crippen LogP contribution in [0.3, 0.4) is 0 Å². The minimum absolute atomic E-state index is 0.0206. The topological polar surface area (TPSA) is 131 Å². The van der Waals surface area contributed by atoms with Gasteiger partial charge in [0.1, 0.15) is 11.9 Å². The molecule has 3 heterocycles. The van der Waals surface area contributed by atoms with Crippen molar-refractivity contribution in [1.29, 1.82) is 0 Å². The third-order valence-corrected chi connectivity index (χ3v) is 6.75. The van der Waals surface area contributed by atoms with Gasteiger partial charge in [0.25, 0.3) is 0 Å². The summed E-state index contributed by atoms with van der Waals surface area (Å²) in [6, 6.07) is 11.7. The highest BCUT2D eigenvalue weighted by Crippen LogP contribution is 2.27. The summed E-state index contributed by atoms with van der Waals surface area (Å²) < 4.78 is 0. The van der Waals surface area contributed by atoms with Crippen molar-refractivity contribution >= 4 is 34.8 Å². The number of H-pyrrole nitrogens is 1. The van der Waals surface area contributed by atoms with Gasteiger partial charge in [-0.05, 0) is 49.1 Å². The molecule has 0 aliphatic carbocycles. The maximum atomic E-state index is 12.9. The molecule has 4 N–H and O–H groups in total. The zero-order valence-corrected chi connectivity index (χ0v) is 19.5. The van der Waals surface area contributed by atoms with E-state index >= 15 is 0 Å². The van der Waals surface area contributed by atoms with E-state index in [1.165, 1.54) is 0 Å². The van der Waals surface area contributed by atoms with Gasteiger partial charge in [-0.15, -0.1) is 0 Å². The number of likely N-dealkylation sites (tertiary alicyclic amines) is 1. The number of nitrogens with one attached hydrogen (secondary N) is 3. The van der Waals surface area contributed by atoms with Crippen molar-refractivity contribution in [1.82, 2.24) is 25.1 Å². The molecule has 5 rings (SSSR count). The van der Waals surface area contributed by atoms with Gasteiger partial charge in [0.15, 0.2) is 0 Å². The first kappa shape index (κ1) is 22.7. The molecule has 2 aliphatic rings. The van der Waals surface area contributed by atoms with Crippen LogP contribution in [0.15, 0.2) is 42.5 Å². The third-order valence-electron chi connectivity index (χ3n) is 6.75. The smallest absolute Gasteiger partial charge is 0.326 e. The number of piperidine rings is 1. The van der Waals surface area contributed by atoms with E-state index in [4.69, 9.17) is 0 Å². The number of hydrogen-bond donors (Lipinski definition) is 4. The van der Waals surface area contributed by atoms with Crippen LogP contribution in [0.25, 0.3) is 11.0 Å². The van der Waals surface area contributed by atoms with Crippen LogP contribution in [-0.4, -0.2) is 68.1 Å². The number of aliphatic carboxylic acids is 1. The first-order valence-corrected chi connectivity index (χ1v) is 11.8. The fourth-order valence-corrected chi connectivity index (χ4v) is 4.89. The van der Waals surface area contributed by atoms with E-state index in [1.807, 2.05) is 54.3 Å². The van der Waals surface area contributed by atoms with Gasteiger partial charge in [-0.3, -0.25) is 0 Å². The van der Waals surface area contributed by atoms with Gasteiger partial charge >= 0.3 is 18.0 Å². The second-order valence-corrected chi connectivity index (χ2v) is 9.15. The summed E-state index contributed by atoms with van der Waals surface area (Å²) in [5.74, 6) is -0.298. The summed E-state index contributed by atoms with van der Waals surface area (Å²) in [5.41, 5.74) is 4.36. The van der Waals surface area contributed by atoms with Gasteiger partial charge in [-0.25, -0.2) is 19.4 Å². The minimum atomic E-state index is -1.09. The summed E-state index contributed by atoms with van der Waals surface area (Å²) >= 11 is 0. The third kappa shape index (κ3) is 4.77. The average Bonchev–Trinajstić information content (AvgIpc) is 3.22. The number of aromatic nitrogens is 2. The lowest BCUT2D eigenvalue weighted by Gasteiger charge is -2.40. The molecule has 0 spiro atoms. The molecule has 1 atom stereocenters. The fourth-order valence-electron chi connectivity index (χ4n) is 4.89. The highest BCUT2D eigenvalue weighted by molar-refractivity contribution is 5.92. The number of hydrogen-bond acceptors (Lipinski definition) is 4. The van der Waals surface area contributed by atoms with Gasteiger partial charge in [0.2, 0.25) is 0 Å². The zero-order valence-electron chi connectivity index (χ0n) is 19.5. The van der Waals surface area contributed by atoms with Crippen molar-refractivity contribution in [3.63, 3.8) is 0 Å². The number of carbonyl (C=O) groups is 3. The normalized spacial score (nSPS) is 17.1. The molecule has 1 unspecified atom stereocenters. The standard InChI is InChI=1S/C25H28N6O4/c1-15-26-20-7-6-16(12-21(20)27-15)13-22(23(32)33)29-24(34)30-10-8-18(9-11-30)31-14-17-4-2-3-5-19(17)28-25(31)35/h2-7,12,18,22H,8-11,13-14H2,1H3,(H,26,27)(H,28,35)(H,29,34)(H,32,33). The Bertz CT molecular complexity index is 1280. The van der Waals surface area contributed by atoms with Crippen LogP contribution in [0.1, 0.15) is 29.8 Å². The number of carboxylic acid groups (broad SMARTS) is 1. The van der Waals surface area contributed by atoms with Crippen LogP contribution in [-0.2, 0) is 17.8 Å². The number of amides is 4. The molecule has 10 nitrogen and oxygen atoms in total. The Kier molecular flexibility index (Phi) is 6.02. The van der Waals surface area contributed by atoms with Crippen molar-refractivity contribution in [3.05, 3.63) is 59.4 Å². The summed E-state index contributed by atoms with van der Waals surface area (Å²) in [6.07, 6.45) is 1.44. The largest absolute Gasteiger partial charge is 0.480 e. The minimum Gasteiger partial charge on any atom is -0.480 e. The number of carbonyl (C=O) groups excluding carboxylic acids is 2. The van der Waals surface area contributed by atoms with Gasteiger partial charge < -0.3 is 30.5 Å². The van der Waals surface area contributed by atoms with Crippen LogP contribution < -0.4 is 10.6 Å². The Morgan fingerprint density at radius 1 is 1.20 bits per heavy atom. The van der Waals surface area contributed by atoms with Crippen molar-refractivity contribution < 1.29 is 19.5 Å². The van der Waals surface area contributed by atoms with Crippen LogP contribution in [0.5, 0.6) is 0 Å². The van der Waals surface area contributed by atoms with E-state index in [-0.39, 0.29) is 18.5 Å². The van der Waals surface area contributed by atoms with Crippen LogP contribution in [0.2, 0.25) is 0 Å². The maximum Gasteiger partial charge on any atom is 0.326 e. The first-order valence-electron chi connectivity index (χ1n) is 11.8. The molecule has 4 amide bonds. The second kappa shape index (κ2) is 9.28. The number of imidazole rings is 1. The fraction of sp³-hybridized carbons (Fsp3) is 0.360. The van der Waals surface area contributed by atoms with E-state index in [9.17, 15) is 19.5 Å². The SMILES string of the molecule is Cc1nc2ccc(CC(NC(=O)N3CCC(N4Cc5ccccc5NC4=O)CC3)C(=O)O)cc2[nH]1. The highest BCUT2D eigenvalue weighted by atomic mass is 16.4. The van der Waals surface area contributed by atoms with Gasteiger partial charge in [-0.2, -0.15) is 0 Å². The molecule has 35 heavy (non-hydrogen) atoms. The number of aromatic amines is 1. The first-order chi connectivity index (χ1) is 16.9. The molecule has 2 aromatic carbocycles. The number of urea groups is 2. The molecule has 0 radical (unpaired) electrons. The lowest BCUT2D eigenvalue weighted by atomic mass is 10.0.